The van der Waals surface area contributed by atoms with E-state index in [0.29, 0.717) is 12.5 Å². The summed E-state index contributed by atoms with van der Waals surface area (Å²) in [5.41, 5.74) is 0.207. The molecule has 2 N–H and O–H groups in total. The molecule has 1 aliphatic carbocycles. The highest BCUT2D eigenvalue weighted by molar-refractivity contribution is 5.42. The lowest BCUT2D eigenvalue weighted by atomic mass is 9.79. The first-order valence-corrected chi connectivity index (χ1v) is 6.92. The van der Waals surface area contributed by atoms with Gasteiger partial charge in [-0.1, -0.05) is 13.0 Å². The number of nitrogens with zero attached hydrogens (tertiary/aromatic N) is 3. The summed E-state index contributed by atoms with van der Waals surface area (Å²) in [5.74, 6) is 1.31. The van der Waals surface area contributed by atoms with Crippen molar-refractivity contribution in [2.45, 2.75) is 38.2 Å². The second-order valence-electron chi connectivity index (χ2n) is 5.70. The maximum Gasteiger partial charge on any atom is 0.243 e. The van der Waals surface area contributed by atoms with Crippen molar-refractivity contribution in [2.75, 3.05) is 11.9 Å². The quantitative estimate of drug-likeness (QED) is 0.887. The maximum atomic E-state index is 10.5. The zero-order valence-corrected chi connectivity index (χ0v) is 11.2. The average molecular weight is 260 g/mol. The molecule has 0 unspecified atom stereocenters. The topological polar surface area (TPSA) is 62.5 Å². The molecule has 1 saturated carbocycles. The molecule has 2 heterocycles. The molecule has 0 spiro atoms. The van der Waals surface area contributed by atoms with Gasteiger partial charge in [0, 0.05) is 12.7 Å². The van der Waals surface area contributed by atoms with Crippen LogP contribution in [0.1, 0.15) is 32.6 Å². The van der Waals surface area contributed by atoms with Crippen molar-refractivity contribution in [3.63, 3.8) is 0 Å². The number of aliphatic hydroxyl groups is 1. The molecular formula is C14H20N4O. The number of anilines is 1. The Balaban J connectivity index is 1.65. The minimum atomic E-state index is -0.607. The third kappa shape index (κ3) is 2.71. The average Bonchev–Trinajstić information content (AvgIpc) is 2.83. The molecule has 102 valence electrons. The predicted octanol–water partition coefficient (Wildman–Crippen LogP) is 2.08. The Morgan fingerprint density at radius 2 is 2.21 bits per heavy atom. The fourth-order valence-electron chi connectivity index (χ4n) is 2.63. The van der Waals surface area contributed by atoms with E-state index in [1.165, 1.54) is 0 Å². The fourth-order valence-corrected chi connectivity index (χ4v) is 2.63. The lowest BCUT2D eigenvalue weighted by molar-refractivity contribution is 0.00488. The van der Waals surface area contributed by atoms with Crippen molar-refractivity contribution >= 4 is 11.6 Å². The van der Waals surface area contributed by atoms with Gasteiger partial charge >= 0.3 is 0 Å². The number of hydrogen-bond acceptors (Lipinski definition) is 4. The van der Waals surface area contributed by atoms with E-state index in [9.17, 15) is 5.11 Å². The third-order valence-electron chi connectivity index (χ3n) is 4.02. The molecule has 0 aliphatic heterocycles. The van der Waals surface area contributed by atoms with Gasteiger partial charge in [0.1, 0.15) is 0 Å². The molecule has 2 aromatic rings. The summed E-state index contributed by atoms with van der Waals surface area (Å²) in [5, 5.41) is 18.0. The van der Waals surface area contributed by atoms with Crippen LogP contribution in [0.2, 0.25) is 0 Å². The Kier molecular flexibility index (Phi) is 3.14. The third-order valence-corrected chi connectivity index (χ3v) is 4.02. The molecular weight excluding hydrogens is 240 g/mol. The molecule has 5 nitrogen and oxygen atoms in total. The van der Waals surface area contributed by atoms with E-state index in [-0.39, 0.29) is 0 Å². The molecule has 1 aliphatic rings. The summed E-state index contributed by atoms with van der Waals surface area (Å²) in [4.78, 5) is 4.37. The Labute approximate surface area is 112 Å². The first-order valence-electron chi connectivity index (χ1n) is 6.92. The van der Waals surface area contributed by atoms with Gasteiger partial charge in [-0.25, -0.2) is 4.52 Å². The Bertz CT molecular complexity index is 524. The molecule has 0 aromatic carbocycles. The highest BCUT2D eigenvalue weighted by Crippen LogP contribution is 2.31. The minimum Gasteiger partial charge on any atom is -0.388 e. The van der Waals surface area contributed by atoms with E-state index in [1.54, 1.807) is 4.52 Å². The van der Waals surface area contributed by atoms with Crippen molar-refractivity contribution in [3.8, 4) is 0 Å². The Hall–Kier alpha value is -1.62. The lowest BCUT2D eigenvalue weighted by Gasteiger charge is -2.34. The zero-order valence-electron chi connectivity index (χ0n) is 11.2. The van der Waals surface area contributed by atoms with Gasteiger partial charge in [-0.2, -0.15) is 4.98 Å². The minimum absolute atomic E-state index is 0.524. The molecule has 0 radical (unpaired) electrons. The van der Waals surface area contributed by atoms with Gasteiger partial charge in [-0.3, -0.25) is 0 Å². The van der Waals surface area contributed by atoms with Crippen molar-refractivity contribution in [1.29, 1.82) is 0 Å². The van der Waals surface area contributed by atoms with Crippen LogP contribution in [-0.2, 0) is 0 Å². The molecule has 0 atom stereocenters. The lowest BCUT2D eigenvalue weighted by Crippen LogP contribution is -2.40. The molecule has 19 heavy (non-hydrogen) atoms. The number of nitrogens with one attached hydrogen (secondary N) is 1. The molecule has 0 saturated heterocycles. The summed E-state index contributed by atoms with van der Waals surface area (Å²) in [6.07, 6.45) is 5.77. The van der Waals surface area contributed by atoms with Crippen molar-refractivity contribution in [3.05, 3.63) is 24.4 Å². The van der Waals surface area contributed by atoms with E-state index >= 15 is 0 Å². The monoisotopic (exact) mass is 260 g/mol. The number of aromatic nitrogens is 3. The van der Waals surface area contributed by atoms with Crippen LogP contribution in [0.5, 0.6) is 0 Å². The van der Waals surface area contributed by atoms with Gasteiger partial charge < -0.3 is 10.4 Å². The molecule has 0 bridgehead atoms. The summed E-state index contributed by atoms with van der Waals surface area (Å²) in [6.45, 7) is 2.77. The van der Waals surface area contributed by atoms with Crippen LogP contribution in [0.25, 0.3) is 5.65 Å². The smallest absolute Gasteiger partial charge is 0.243 e. The van der Waals surface area contributed by atoms with E-state index in [4.69, 9.17) is 0 Å². The van der Waals surface area contributed by atoms with Gasteiger partial charge in [0.05, 0.1) is 5.60 Å². The highest BCUT2D eigenvalue weighted by atomic mass is 16.3. The van der Waals surface area contributed by atoms with Crippen LogP contribution in [0.4, 0.5) is 5.95 Å². The van der Waals surface area contributed by atoms with Gasteiger partial charge in [0.15, 0.2) is 5.65 Å². The summed E-state index contributed by atoms with van der Waals surface area (Å²) >= 11 is 0. The number of rotatable bonds is 3. The summed E-state index contributed by atoms with van der Waals surface area (Å²) in [7, 11) is 0. The van der Waals surface area contributed by atoms with Gasteiger partial charge in [-0.15, -0.1) is 5.10 Å². The molecule has 1 fully saturated rings. The number of fused-ring (bicyclic) bond motifs is 1. The van der Waals surface area contributed by atoms with Crippen molar-refractivity contribution < 1.29 is 5.11 Å². The van der Waals surface area contributed by atoms with Crippen LogP contribution < -0.4 is 5.32 Å². The molecule has 0 amide bonds. The van der Waals surface area contributed by atoms with Gasteiger partial charge in [-0.05, 0) is 43.7 Å². The van der Waals surface area contributed by atoms with E-state index < -0.39 is 5.60 Å². The van der Waals surface area contributed by atoms with Gasteiger partial charge in [0.2, 0.25) is 5.95 Å². The van der Waals surface area contributed by atoms with Crippen molar-refractivity contribution in [2.24, 2.45) is 5.92 Å². The van der Waals surface area contributed by atoms with E-state index in [0.717, 1.165) is 37.2 Å². The first kappa shape index (κ1) is 12.4. The molecule has 2 aromatic heterocycles. The first-order chi connectivity index (χ1) is 9.15. The van der Waals surface area contributed by atoms with E-state index in [1.807, 2.05) is 24.4 Å². The van der Waals surface area contributed by atoms with E-state index in [2.05, 4.69) is 22.3 Å². The van der Waals surface area contributed by atoms with Crippen LogP contribution in [0.15, 0.2) is 24.4 Å². The molecule has 5 heteroatoms. The largest absolute Gasteiger partial charge is 0.388 e. The fraction of sp³-hybridized carbons (Fsp3) is 0.571. The standard InChI is InChI=1S/C14H20N4O/c1-11-5-7-14(19,8-6-11)10-15-13-16-12-4-2-3-9-18(12)17-13/h2-4,9,11,19H,5-8,10H2,1H3,(H,15,17). The summed E-state index contributed by atoms with van der Waals surface area (Å²) in [6, 6.07) is 5.76. The van der Waals surface area contributed by atoms with Crippen molar-refractivity contribution in [1.82, 2.24) is 14.6 Å². The number of hydrogen-bond donors (Lipinski definition) is 2. The SMILES string of the molecule is CC1CCC(O)(CNc2nc3ccccn3n2)CC1. The van der Waals surface area contributed by atoms with Crippen LogP contribution in [0.3, 0.4) is 0 Å². The Morgan fingerprint density at radius 3 is 2.95 bits per heavy atom. The second kappa shape index (κ2) is 4.81. The Morgan fingerprint density at radius 1 is 1.42 bits per heavy atom. The highest BCUT2D eigenvalue weighted by Gasteiger charge is 2.31. The normalized spacial score (nSPS) is 27.6. The van der Waals surface area contributed by atoms with Crippen LogP contribution in [0, 0.1) is 5.92 Å². The second-order valence-corrected chi connectivity index (χ2v) is 5.70. The zero-order chi connectivity index (χ0) is 13.3. The van der Waals surface area contributed by atoms with Crippen LogP contribution >= 0.6 is 0 Å². The summed E-state index contributed by atoms with van der Waals surface area (Å²) < 4.78 is 1.73. The number of pyridine rings is 1. The predicted molar refractivity (Wildman–Crippen MR) is 74.1 cm³/mol. The van der Waals surface area contributed by atoms with Crippen LogP contribution in [-0.4, -0.2) is 31.9 Å². The van der Waals surface area contributed by atoms with Gasteiger partial charge in [0.25, 0.3) is 0 Å². The maximum absolute atomic E-state index is 10.5. The molecule has 3 rings (SSSR count).